The summed E-state index contributed by atoms with van der Waals surface area (Å²) in [4.78, 5) is 0. The van der Waals surface area contributed by atoms with E-state index in [0.717, 1.165) is 32.1 Å². The number of hydrogen-bond donors (Lipinski definition) is 2. The molecule has 1 saturated heterocycles. The Bertz CT molecular complexity index is 203. The second-order valence-corrected chi connectivity index (χ2v) is 6.26. The van der Waals surface area contributed by atoms with Crippen molar-refractivity contribution in [3.63, 3.8) is 0 Å². The monoisotopic (exact) mass is 256 g/mol. The molecule has 1 aliphatic rings. The van der Waals surface area contributed by atoms with Crippen LogP contribution in [-0.4, -0.2) is 37.9 Å². The van der Waals surface area contributed by atoms with Crippen LogP contribution in [0.1, 0.15) is 53.4 Å². The molecule has 0 aliphatic carbocycles. The Hall–Kier alpha value is -0.120. The lowest BCUT2D eigenvalue weighted by molar-refractivity contribution is 0.0708. The SMILES string of the molecule is CC(C)CCCC(C)NC(C)CC1COCCN1. The Labute approximate surface area is 113 Å². The van der Waals surface area contributed by atoms with Crippen LogP contribution in [0.25, 0.3) is 0 Å². The van der Waals surface area contributed by atoms with Crippen LogP contribution >= 0.6 is 0 Å². The average molecular weight is 256 g/mol. The van der Waals surface area contributed by atoms with Gasteiger partial charge in [-0.05, 0) is 32.6 Å². The van der Waals surface area contributed by atoms with Crippen molar-refractivity contribution in [3.05, 3.63) is 0 Å². The molecule has 1 fully saturated rings. The zero-order chi connectivity index (χ0) is 13.4. The zero-order valence-corrected chi connectivity index (χ0v) is 12.7. The molecule has 0 aromatic carbocycles. The molecule has 0 saturated carbocycles. The first-order chi connectivity index (χ1) is 8.58. The minimum atomic E-state index is 0.532. The fourth-order valence-electron chi connectivity index (χ4n) is 2.67. The lowest BCUT2D eigenvalue weighted by Gasteiger charge is -2.28. The third-order valence-corrected chi connectivity index (χ3v) is 3.62. The van der Waals surface area contributed by atoms with Crippen LogP contribution in [0.15, 0.2) is 0 Å². The van der Waals surface area contributed by atoms with E-state index in [2.05, 4.69) is 38.3 Å². The van der Waals surface area contributed by atoms with Crippen molar-refractivity contribution in [2.24, 2.45) is 5.92 Å². The van der Waals surface area contributed by atoms with Gasteiger partial charge in [0.2, 0.25) is 0 Å². The molecule has 2 N–H and O–H groups in total. The Kier molecular flexibility index (Phi) is 7.87. The van der Waals surface area contributed by atoms with Gasteiger partial charge in [0.15, 0.2) is 0 Å². The van der Waals surface area contributed by atoms with Crippen LogP contribution in [-0.2, 0) is 4.74 Å². The van der Waals surface area contributed by atoms with Crippen LogP contribution in [0, 0.1) is 5.92 Å². The predicted octanol–water partition coefficient (Wildman–Crippen LogP) is 2.56. The van der Waals surface area contributed by atoms with Gasteiger partial charge in [0.05, 0.1) is 13.2 Å². The van der Waals surface area contributed by atoms with Gasteiger partial charge >= 0.3 is 0 Å². The second kappa shape index (κ2) is 8.89. The standard InChI is InChI=1S/C15H32N2O/c1-12(2)6-5-7-13(3)17-14(4)10-15-11-18-9-8-16-15/h12-17H,5-11H2,1-4H3. The first-order valence-corrected chi connectivity index (χ1v) is 7.65. The van der Waals surface area contributed by atoms with Gasteiger partial charge in [0.25, 0.3) is 0 Å². The van der Waals surface area contributed by atoms with Gasteiger partial charge in [-0.1, -0.05) is 26.7 Å². The highest BCUT2D eigenvalue weighted by molar-refractivity contribution is 4.77. The Morgan fingerprint density at radius 1 is 1.17 bits per heavy atom. The van der Waals surface area contributed by atoms with Crippen molar-refractivity contribution in [1.29, 1.82) is 0 Å². The van der Waals surface area contributed by atoms with E-state index in [0.29, 0.717) is 18.1 Å². The summed E-state index contributed by atoms with van der Waals surface area (Å²) in [5, 5.41) is 7.22. The molecular formula is C15H32N2O. The zero-order valence-electron chi connectivity index (χ0n) is 12.7. The van der Waals surface area contributed by atoms with Gasteiger partial charge < -0.3 is 15.4 Å². The van der Waals surface area contributed by atoms with E-state index >= 15 is 0 Å². The van der Waals surface area contributed by atoms with E-state index in [9.17, 15) is 0 Å². The van der Waals surface area contributed by atoms with E-state index in [4.69, 9.17) is 4.74 Å². The fourth-order valence-corrected chi connectivity index (χ4v) is 2.67. The highest BCUT2D eigenvalue weighted by Gasteiger charge is 2.17. The van der Waals surface area contributed by atoms with Gasteiger partial charge in [-0.2, -0.15) is 0 Å². The van der Waals surface area contributed by atoms with Crippen LogP contribution in [0.2, 0.25) is 0 Å². The third kappa shape index (κ3) is 7.34. The van der Waals surface area contributed by atoms with Crippen LogP contribution < -0.4 is 10.6 Å². The maximum atomic E-state index is 5.49. The molecule has 0 aromatic heterocycles. The first-order valence-electron chi connectivity index (χ1n) is 7.65. The molecule has 3 unspecified atom stereocenters. The molecule has 3 atom stereocenters. The van der Waals surface area contributed by atoms with Crippen molar-refractivity contribution in [1.82, 2.24) is 10.6 Å². The molecule has 0 bridgehead atoms. The van der Waals surface area contributed by atoms with Gasteiger partial charge in [-0.15, -0.1) is 0 Å². The molecule has 18 heavy (non-hydrogen) atoms. The molecule has 1 rings (SSSR count). The van der Waals surface area contributed by atoms with E-state index in [1.807, 2.05) is 0 Å². The van der Waals surface area contributed by atoms with E-state index in [-0.39, 0.29) is 0 Å². The summed E-state index contributed by atoms with van der Waals surface area (Å²) in [6.07, 6.45) is 5.13. The molecule has 0 amide bonds. The quantitative estimate of drug-likeness (QED) is 0.700. The van der Waals surface area contributed by atoms with Gasteiger partial charge in [-0.3, -0.25) is 0 Å². The van der Waals surface area contributed by atoms with E-state index < -0.39 is 0 Å². The molecule has 108 valence electrons. The van der Waals surface area contributed by atoms with Gasteiger partial charge in [0.1, 0.15) is 0 Å². The first kappa shape index (κ1) is 15.9. The number of hydrogen-bond acceptors (Lipinski definition) is 3. The maximum absolute atomic E-state index is 5.49. The molecule has 0 aromatic rings. The molecule has 1 aliphatic heterocycles. The van der Waals surface area contributed by atoms with Crippen molar-refractivity contribution < 1.29 is 4.74 Å². The summed E-state index contributed by atoms with van der Waals surface area (Å²) in [7, 11) is 0. The minimum Gasteiger partial charge on any atom is -0.379 e. The maximum Gasteiger partial charge on any atom is 0.0620 e. The summed E-state index contributed by atoms with van der Waals surface area (Å²) < 4.78 is 5.49. The van der Waals surface area contributed by atoms with Crippen molar-refractivity contribution >= 4 is 0 Å². The smallest absolute Gasteiger partial charge is 0.0620 e. The molecule has 3 heteroatoms. The summed E-state index contributed by atoms with van der Waals surface area (Å²) >= 11 is 0. The number of morpholine rings is 1. The molecular weight excluding hydrogens is 224 g/mol. The number of ether oxygens (including phenoxy) is 1. The Morgan fingerprint density at radius 2 is 1.94 bits per heavy atom. The van der Waals surface area contributed by atoms with Crippen molar-refractivity contribution in [2.75, 3.05) is 19.8 Å². The lowest BCUT2D eigenvalue weighted by Crippen LogP contribution is -2.46. The normalized spacial score (nSPS) is 24.2. The van der Waals surface area contributed by atoms with E-state index in [1.165, 1.54) is 19.3 Å². The number of rotatable bonds is 8. The summed E-state index contributed by atoms with van der Waals surface area (Å²) in [5.74, 6) is 0.832. The highest BCUT2D eigenvalue weighted by atomic mass is 16.5. The molecule has 1 heterocycles. The second-order valence-electron chi connectivity index (χ2n) is 6.26. The summed E-state index contributed by atoms with van der Waals surface area (Å²) in [6, 6.07) is 1.73. The predicted molar refractivity (Wildman–Crippen MR) is 78.0 cm³/mol. The average Bonchev–Trinajstić information content (AvgIpc) is 2.29. The topological polar surface area (TPSA) is 33.3 Å². The minimum absolute atomic E-state index is 0.532. The largest absolute Gasteiger partial charge is 0.379 e. The van der Waals surface area contributed by atoms with Gasteiger partial charge in [0, 0.05) is 24.7 Å². The summed E-state index contributed by atoms with van der Waals surface area (Å²) in [6.45, 7) is 11.9. The van der Waals surface area contributed by atoms with Crippen LogP contribution in [0.5, 0.6) is 0 Å². The molecule has 0 radical (unpaired) electrons. The van der Waals surface area contributed by atoms with Crippen molar-refractivity contribution in [3.8, 4) is 0 Å². The number of nitrogens with one attached hydrogen (secondary N) is 2. The van der Waals surface area contributed by atoms with Gasteiger partial charge in [-0.25, -0.2) is 0 Å². The van der Waals surface area contributed by atoms with Crippen LogP contribution in [0.4, 0.5) is 0 Å². The third-order valence-electron chi connectivity index (χ3n) is 3.62. The molecule has 3 nitrogen and oxygen atoms in total. The highest BCUT2D eigenvalue weighted by Crippen LogP contribution is 2.10. The Morgan fingerprint density at radius 3 is 2.56 bits per heavy atom. The lowest BCUT2D eigenvalue weighted by atomic mass is 10.0. The fraction of sp³-hybridized carbons (Fsp3) is 1.00. The van der Waals surface area contributed by atoms with Crippen molar-refractivity contribution in [2.45, 2.75) is 71.5 Å². The van der Waals surface area contributed by atoms with Crippen LogP contribution in [0.3, 0.4) is 0 Å². The summed E-state index contributed by atoms with van der Waals surface area (Å²) in [5.41, 5.74) is 0. The Balaban J connectivity index is 2.08. The van der Waals surface area contributed by atoms with E-state index in [1.54, 1.807) is 0 Å². The molecule has 0 spiro atoms.